The number of carbonyl (C=O) groups is 1. The van der Waals surface area contributed by atoms with Gasteiger partial charge in [0.15, 0.2) is 0 Å². The van der Waals surface area contributed by atoms with Crippen LogP contribution in [-0.2, 0) is 14.8 Å². The van der Waals surface area contributed by atoms with E-state index < -0.39 is 22.5 Å². The smallest absolute Gasteiger partial charge is 0.264 e. The molecule has 0 radical (unpaired) electrons. The minimum atomic E-state index is -4.01. The molecule has 0 saturated heterocycles. The van der Waals surface area contributed by atoms with E-state index in [4.69, 9.17) is 4.74 Å². The van der Waals surface area contributed by atoms with E-state index >= 15 is 0 Å². The number of halogens is 1. The van der Waals surface area contributed by atoms with E-state index in [1.807, 2.05) is 19.1 Å². The van der Waals surface area contributed by atoms with Gasteiger partial charge in [-0.3, -0.25) is 9.10 Å². The topological polar surface area (TPSA) is 75.7 Å². The second-order valence-electron chi connectivity index (χ2n) is 6.55. The highest BCUT2D eigenvalue weighted by molar-refractivity contribution is 14.1. The highest BCUT2D eigenvalue weighted by Gasteiger charge is 2.29. The fraction of sp³-hybridized carbons (Fsp3) is 0.136. The van der Waals surface area contributed by atoms with Gasteiger partial charge in [-0.15, -0.1) is 0 Å². The highest BCUT2D eigenvalue weighted by atomic mass is 127. The van der Waals surface area contributed by atoms with E-state index in [0.717, 1.165) is 13.4 Å². The molecule has 0 spiro atoms. The zero-order valence-corrected chi connectivity index (χ0v) is 19.5. The van der Waals surface area contributed by atoms with Crippen molar-refractivity contribution in [2.24, 2.45) is 0 Å². The molecule has 1 amide bonds. The summed E-state index contributed by atoms with van der Waals surface area (Å²) in [5.41, 5.74) is 1.82. The lowest BCUT2D eigenvalue weighted by Gasteiger charge is -2.25. The van der Waals surface area contributed by atoms with E-state index in [0.29, 0.717) is 17.1 Å². The first-order valence-electron chi connectivity index (χ1n) is 9.09. The van der Waals surface area contributed by atoms with Crippen molar-refractivity contribution >= 4 is 49.9 Å². The molecule has 0 atom stereocenters. The van der Waals surface area contributed by atoms with Crippen molar-refractivity contribution in [2.75, 3.05) is 23.3 Å². The monoisotopic (exact) mass is 536 g/mol. The van der Waals surface area contributed by atoms with Gasteiger partial charge < -0.3 is 10.1 Å². The number of benzene rings is 3. The second kappa shape index (κ2) is 9.48. The summed E-state index contributed by atoms with van der Waals surface area (Å²) in [6.07, 6.45) is 0. The molecular formula is C22H21IN2O4S. The van der Waals surface area contributed by atoms with Crippen LogP contribution in [0.2, 0.25) is 0 Å². The molecule has 0 aliphatic heterocycles. The Bertz CT molecular complexity index is 1130. The van der Waals surface area contributed by atoms with Crippen LogP contribution in [0.1, 0.15) is 5.56 Å². The Hall–Kier alpha value is -2.59. The van der Waals surface area contributed by atoms with Gasteiger partial charge in [-0.2, -0.15) is 0 Å². The third kappa shape index (κ3) is 5.11. The van der Waals surface area contributed by atoms with Crippen LogP contribution in [0.4, 0.5) is 11.4 Å². The van der Waals surface area contributed by atoms with Crippen LogP contribution in [0.25, 0.3) is 0 Å². The van der Waals surface area contributed by atoms with Gasteiger partial charge >= 0.3 is 0 Å². The Morgan fingerprint density at radius 3 is 2.27 bits per heavy atom. The van der Waals surface area contributed by atoms with Gasteiger partial charge in [0.2, 0.25) is 5.91 Å². The third-order valence-corrected chi connectivity index (χ3v) is 6.87. The van der Waals surface area contributed by atoms with Crippen molar-refractivity contribution in [3.8, 4) is 5.75 Å². The number of para-hydroxylation sites is 2. The van der Waals surface area contributed by atoms with E-state index in [-0.39, 0.29) is 4.90 Å². The van der Waals surface area contributed by atoms with Gasteiger partial charge in [0, 0.05) is 9.26 Å². The average Bonchev–Trinajstić information content (AvgIpc) is 2.74. The maximum absolute atomic E-state index is 13.4. The summed E-state index contributed by atoms with van der Waals surface area (Å²) >= 11 is 2.17. The number of anilines is 2. The van der Waals surface area contributed by atoms with E-state index in [1.54, 1.807) is 48.5 Å². The molecule has 0 aliphatic carbocycles. The number of sulfonamides is 1. The predicted octanol–water partition coefficient (Wildman–Crippen LogP) is 4.44. The predicted molar refractivity (Wildman–Crippen MR) is 126 cm³/mol. The van der Waals surface area contributed by atoms with Crippen LogP contribution in [0.3, 0.4) is 0 Å². The van der Waals surface area contributed by atoms with Gasteiger partial charge in [-0.25, -0.2) is 8.42 Å². The maximum Gasteiger partial charge on any atom is 0.264 e. The molecule has 0 saturated carbocycles. The van der Waals surface area contributed by atoms with E-state index in [2.05, 4.69) is 27.9 Å². The lowest BCUT2D eigenvalue weighted by Crippen LogP contribution is -2.38. The molecule has 156 valence electrons. The largest absolute Gasteiger partial charge is 0.495 e. The molecule has 0 bridgehead atoms. The van der Waals surface area contributed by atoms with Crippen LogP contribution in [0.5, 0.6) is 5.75 Å². The number of ether oxygens (including phenoxy) is 1. The Morgan fingerprint density at radius 1 is 1.00 bits per heavy atom. The summed E-state index contributed by atoms with van der Waals surface area (Å²) in [6, 6.07) is 20.5. The summed E-state index contributed by atoms with van der Waals surface area (Å²) in [5.74, 6) is -0.104. The normalized spacial score (nSPS) is 11.0. The Kier molecular flexibility index (Phi) is 6.99. The van der Waals surface area contributed by atoms with Crippen molar-refractivity contribution in [1.29, 1.82) is 0 Å². The molecule has 30 heavy (non-hydrogen) atoms. The minimum Gasteiger partial charge on any atom is -0.495 e. The number of amides is 1. The molecule has 0 aromatic heterocycles. The SMILES string of the molecule is COc1ccccc1N(CC(=O)Nc1ccc(I)cc1)S(=O)(=O)c1ccc(C)cc1. The Labute approximate surface area is 190 Å². The molecule has 0 aliphatic rings. The molecule has 0 fully saturated rings. The Balaban J connectivity index is 1.98. The molecule has 8 heteroatoms. The molecular weight excluding hydrogens is 515 g/mol. The highest BCUT2D eigenvalue weighted by Crippen LogP contribution is 2.32. The summed E-state index contributed by atoms with van der Waals surface area (Å²) in [7, 11) is -2.55. The summed E-state index contributed by atoms with van der Waals surface area (Å²) < 4.78 is 34.3. The molecule has 3 rings (SSSR count). The Morgan fingerprint density at radius 2 is 1.63 bits per heavy atom. The first-order chi connectivity index (χ1) is 14.3. The second-order valence-corrected chi connectivity index (χ2v) is 9.66. The van der Waals surface area contributed by atoms with Crippen molar-refractivity contribution in [3.05, 3.63) is 81.9 Å². The van der Waals surface area contributed by atoms with E-state index in [9.17, 15) is 13.2 Å². The number of nitrogens with zero attached hydrogens (tertiary/aromatic N) is 1. The van der Waals surface area contributed by atoms with Crippen LogP contribution < -0.4 is 14.4 Å². The van der Waals surface area contributed by atoms with Gasteiger partial charge in [-0.05, 0) is 78.0 Å². The summed E-state index contributed by atoms with van der Waals surface area (Å²) in [6.45, 7) is 1.48. The number of carbonyl (C=O) groups excluding carboxylic acids is 1. The van der Waals surface area contributed by atoms with Gasteiger partial charge in [0.25, 0.3) is 10.0 Å². The lowest BCUT2D eigenvalue weighted by molar-refractivity contribution is -0.114. The van der Waals surface area contributed by atoms with Crippen molar-refractivity contribution < 1.29 is 17.9 Å². The molecule has 1 N–H and O–H groups in total. The third-order valence-electron chi connectivity index (χ3n) is 4.38. The van der Waals surface area contributed by atoms with Crippen molar-refractivity contribution in [3.63, 3.8) is 0 Å². The van der Waals surface area contributed by atoms with E-state index in [1.165, 1.54) is 19.2 Å². The average molecular weight is 536 g/mol. The zero-order chi connectivity index (χ0) is 21.7. The fourth-order valence-electron chi connectivity index (χ4n) is 2.84. The summed E-state index contributed by atoms with van der Waals surface area (Å²) in [5, 5.41) is 2.75. The number of hydrogen-bond acceptors (Lipinski definition) is 4. The number of methoxy groups -OCH3 is 1. The van der Waals surface area contributed by atoms with Crippen LogP contribution in [0.15, 0.2) is 77.7 Å². The number of rotatable bonds is 7. The van der Waals surface area contributed by atoms with Crippen molar-refractivity contribution in [2.45, 2.75) is 11.8 Å². The van der Waals surface area contributed by atoms with Crippen LogP contribution >= 0.6 is 22.6 Å². The molecule has 3 aromatic rings. The van der Waals surface area contributed by atoms with Crippen LogP contribution in [0, 0.1) is 10.5 Å². The van der Waals surface area contributed by atoms with Crippen LogP contribution in [-0.4, -0.2) is 28.0 Å². The van der Waals surface area contributed by atoms with Gasteiger partial charge in [0.1, 0.15) is 12.3 Å². The molecule has 6 nitrogen and oxygen atoms in total. The molecule has 3 aromatic carbocycles. The molecule has 0 heterocycles. The fourth-order valence-corrected chi connectivity index (χ4v) is 4.63. The quantitative estimate of drug-likeness (QED) is 0.453. The van der Waals surface area contributed by atoms with Gasteiger partial charge in [0.05, 0.1) is 17.7 Å². The first kappa shape index (κ1) is 22.1. The number of hydrogen-bond donors (Lipinski definition) is 1. The number of aryl methyl sites for hydroxylation is 1. The number of nitrogens with one attached hydrogen (secondary N) is 1. The summed E-state index contributed by atoms with van der Waals surface area (Å²) in [4.78, 5) is 12.9. The zero-order valence-electron chi connectivity index (χ0n) is 16.5. The van der Waals surface area contributed by atoms with Crippen molar-refractivity contribution in [1.82, 2.24) is 0 Å². The van der Waals surface area contributed by atoms with Gasteiger partial charge in [-0.1, -0.05) is 29.8 Å². The molecule has 0 unspecified atom stereocenters. The minimum absolute atomic E-state index is 0.0982. The lowest BCUT2D eigenvalue weighted by atomic mass is 10.2. The maximum atomic E-state index is 13.4. The standard InChI is InChI=1S/C22H21IN2O4S/c1-16-7-13-19(14-8-16)30(27,28)25(20-5-3-4-6-21(20)29-2)15-22(26)24-18-11-9-17(23)10-12-18/h3-14H,15H2,1-2H3,(H,24,26). The first-order valence-corrected chi connectivity index (χ1v) is 11.6.